The maximum absolute atomic E-state index is 13.0. The summed E-state index contributed by atoms with van der Waals surface area (Å²) in [7, 11) is -2.32. The van der Waals surface area contributed by atoms with Crippen LogP contribution in [0.4, 0.5) is 0 Å². The first-order chi connectivity index (χ1) is 15.1. The van der Waals surface area contributed by atoms with Crippen LogP contribution in [0.15, 0.2) is 91.0 Å². The average Bonchev–Trinajstić information content (AvgIpc) is 2.78. The van der Waals surface area contributed by atoms with Gasteiger partial charge in [-0.1, -0.05) is 0 Å². The first-order valence-corrected chi connectivity index (χ1v) is 14.0. The Labute approximate surface area is 195 Å². The summed E-state index contributed by atoms with van der Waals surface area (Å²) in [5.41, 5.74) is -0.295. The Kier molecular flexibility index (Phi) is 7.41. The third-order valence-corrected chi connectivity index (χ3v) is 12.0. The summed E-state index contributed by atoms with van der Waals surface area (Å²) >= 11 is 0. The van der Waals surface area contributed by atoms with Gasteiger partial charge in [0.15, 0.2) is 0 Å². The molecule has 0 saturated heterocycles. The number of ketones is 1. The average molecular weight is 447 g/mol. The first kappa shape index (κ1) is 24.4. The topological polar surface area (TPSA) is 17.1 Å². The Morgan fingerprint density at radius 1 is 0.688 bits per heavy atom. The number of hydrogen-bond donors (Lipinski definition) is 0. The molecule has 0 heterocycles. The van der Waals surface area contributed by atoms with Crippen LogP contribution in [-0.2, 0) is 4.79 Å². The van der Waals surface area contributed by atoms with Gasteiger partial charge in [-0.3, -0.25) is 0 Å². The Morgan fingerprint density at radius 3 is 1.34 bits per heavy atom. The predicted molar refractivity (Wildman–Crippen MR) is 143 cm³/mol. The fraction of sp³-hybridized carbons (Fsp3) is 0.367. The van der Waals surface area contributed by atoms with Crippen molar-refractivity contribution in [3.63, 3.8) is 0 Å². The van der Waals surface area contributed by atoms with Crippen LogP contribution in [0.25, 0.3) is 0 Å². The zero-order chi connectivity index (χ0) is 23.4. The van der Waals surface area contributed by atoms with Crippen molar-refractivity contribution in [2.75, 3.05) is 6.16 Å². The summed E-state index contributed by atoms with van der Waals surface area (Å²) in [6, 6.07) is 33.2. The second-order valence-electron chi connectivity index (χ2n) is 11.1. The summed E-state index contributed by atoms with van der Waals surface area (Å²) in [5, 5.41) is 4.29. The molecule has 0 aliphatic heterocycles. The van der Waals surface area contributed by atoms with Gasteiger partial charge >= 0.3 is 196 Å². The van der Waals surface area contributed by atoms with Crippen molar-refractivity contribution in [1.82, 2.24) is 0 Å². The van der Waals surface area contributed by atoms with Crippen LogP contribution in [0.3, 0.4) is 0 Å². The van der Waals surface area contributed by atoms with E-state index in [0.29, 0.717) is 5.78 Å². The molecule has 3 aromatic carbocycles. The number of carbonyl (C=O) groups is 1. The van der Waals surface area contributed by atoms with Gasteiger partial charge in [0.2, 0.25) is 0 Å². The predicted octanol–water partition coefficient (Wildman–Crippen LogP) is 6.38. The van der Waals surface area contributed by atoms with Gasteiger partial charge in [0.25, 0.3) is 0 Å². The van der Waals surface area contributed by atoms with Crippen molar-refractivity contribution in [2.45, 2.75) is 48.0 Å². The number of hydrogen-bond acceptors (Lipinski definition) is 1. The molecule has 3 aromatic rings. The third kappa shape index (κ3) is 5.38. The molecule has 0 N–H and O–H groups in total. The van der Waals surface area contributed by atoms with E-state index in [1.807, 2.05) is 20.8 Å². The van der Waals surface area contributed by atoms with Crippen LogP contribution in [-0.4, -0.2) is 11.9 Å². The minimum atomic E-state index is -2.32. The SMILES string of the molecule is CC(CC(C)(C)C[PH](c1ccccc1)(c1ccccc1)c1ccccc1)C(=O)C(C)(C)C. The van der Waals surface area contributed by atoms with Gasteiger partial charge in [0.1, 0.15) is 0 Å². The molecule has 0 bridgehead atoms. The zero-order valence-electron chi connectivity index (χ0n) is 20.6. The molecule has 1 unspecified atom stereocenters. The molecule has 0 fully saturated rings. The van der Waals surface area contributed by atoms with Crippen molar-refractivity contribution < 1.29 is 4.79 Å². The molecule has 0 saturated carbocycles. The van der Waals surface area contributed by atoms with E-state index in [4.69, 9.17) is 0 Å². The van der Waals surface area contributed by atoms with E-state index in [9.17, 15) is 4.79 Å². The van der Waals surface area contributed by atoms with Crippen LogP contribution < -0.4 is 15.9 Å². The van der Waals surface area contributed by atoms with Gasteiger partial charge in [-0.25, -0.2) is 0 Å². The number of carbonyl (C=O) groups excluding carboxylic acids is 1. The monoisotopic (exact) mass is 446 g/mol. The molecule has 3 rings (SSSR count). The Bertz CT molecular complexity index is 904. The molecule has 1 atom stereocenters. The van der Waals surface area contributed by atoms with Gasteiger partial charge in [0, 0.05) is 0 Å². The molecule has 0 spiro atoms. The Morgan fingerprint density at radius 2 is 1.03 bits per heavy atom. The van der Waals surface area contributed by atoms with Crippen molar-refractivity contribution in [3.8, 4) is 0 Å². The van der Waals surface area contributed by atoms with Crippen LogP contribution in [0.2, 0.25) is 0 Å². The molecular weight excluding hydrogens is 407 g/mol. The molecule has 0 aromatic heterocycles. The number of Topliss-reactive ketones (excluding diaryl/α,β-unsaturated/α-hetero) is 1. The molecule has 0 aliphatic carbocycles. The molecule has 170 valence electrons. The molecule has 0 aliphatic rings. The maximum atomic E-state index is 13.0. The standard InChI is InChI=1S/C30H39OP/c1-24(28(31)29(2,3)4)22-30(5,6)23-32(25-16-10-7-11-17-25,26-18-12-8-13-19-26)27-20-14-9-15-21-27/h7-21,24,32H,22-23H2,1-6H3. The van der Waals surface area contributed by atoms with Gasteiger partial charge in [-0.05, 0) is 0 Å². The van der Waals surface area contributed by atoms with E-state index in [1.165, 1.54) is 15.9 Å². The van der Waals surface area contributed by atoms with Gasteiger partial charge in [-0.15, -0.1) is 0 Å². The van der Waals surface area contributed by atoms with Crippen molar-refractivity contribution in [2.24, 2.45) is 16.7 Å². The van der Waals surface area contributed by atoms with E-state index in [1.54, 1.807) is 0 Å². The van der Waals surface area contributed by atoms with Crippen molar-refractivity contribution >= 4 is 29.0 Å². The fourth-order valence-corrected chi connectivity index (χ4v) is 10.9. The van der Waals surface area contributed by atoms with E-state index in [0.717, 1.165) is 12.6 Å². The summed E-state index contributed by atoms with van der Waals surface area (Å²) in [4.78, 5) is 13.0. The summed E-state index contributed by atoms with van der Waals surface area (Å²) in [5.74, 6) is 0.399. The molecule has 0 amide bonds. The van der Waals surface area contributed by atoms with Crippen LogP contribution in [0, 0.1) is 16.7 Å². The Hall–Kier alpha value is -2.24. The van der Waals surface area contributed by atoms with E-state index in [2.05, 4.69) is 112 Å². The molecule has 1 nitrogen and oxygen atoms in total. The fourth-order valence-electron chi connectivity index (χ4n) is 5.42. The van der Waals surface area contributed by atoms with E-state index >= 15 is 0 Å². The number of benzene rings is 3. The van der Waals surface area contributed by atoms with Crippen LogP contribution >= 0.6 is 7.26 Å². The van der Waals surface area contributed by atoms with Gasteiger partial charge in [0.05, 0.1) is 0 Å². The van der Waals surface area contributed by atoms with E-state index < -0.39 is 7.26 Å². The number of rotatable bonds is 8. The third-order valence-electron chi connectivity index (χ3n) is 6.59. The minimum absolute atomic E-state index is 0.00801. The Balaban J connectivity index is 2.14. The second kappa shape index (κ2) is 9.72. The van der Waals surface area contributed by atoms with Crippen LogP contribution in [0.1, 0.15) is 48.0 Å². The summed E-state index contributed by atoms with van der Waals surface area (Å²) in [6.45, 7) is 12.9. The normalized spacial score (nSPS) is 14.1. The second-order valence-corrected chi connectivity index (χ2v) is 15.0. The summed E-state index contributed by atoms with van der Waals surface area (Å²) < 4.78 is 0. The van der Waals surface area contributed by atoms with Gasteiger partial charge in [-0.2, -0.15) is 0 Å². The quantitative estimate of drug-likeness (QED) is 0.367. The van der Waals surface area contributed by atoms with Gasteiger partial charge < -0.3 is 0 Å². The van der Waals surface area contributed by atoms with E-state index in [-0.39, 0.29) is 16.7 Å². The summed E-state index contributed by atoms with van der Waals surface area (Å²) in [6.07, 6.45) is 1.95. The zero-order valence-corrected chi connectivity index (χ0v) is 21.6. The first-order valence-electron chi connectivity index (χ1n) is 11.8. The molecule has 32 heavy (non-hydrogen) atoms. The molecular formula is C30H39OP. The van der Waals surface area contributed by atoms with Crippen LogP contribution in [0.5, 0.6) is 0 Å². The van der Waals surface area contributed by atoms with Crippen molar-refractivity contribution in [1.29, 1.82) is 0 Å². The van der Waals surface area contributed by atoms with Crippen molar-refractivity contribution in [3.05, 3.63) is 91.0 Å². The molecule has 2 heteroatoms. The molecule has 0 radical (unpaired) electrons.